The maximum Gasteiger partial charge on any atom is 0.171 e. The molecule has 0 amide bonds. The minimum Gasteiger partial charge on any atom is -0.493 e. The summed E-state index contributed by atoms with van der Waals surface area (Å²) in [5.41, 5.74) is 1.50. The van der Waals surface area contributed by atoms with Crippen LogP contribution in [0, 0.1) is 9.39 Å². The summed E-state index contributed by atoms with van der Waals surface area (Å²) in [6.07, 6.45) is 0.656. The van der Waals surface area contributed by atoms with E-state index < -0.39 is 0 Å². The van der Waals surface area contributed by atoms with Crippen LogP contribution < -0.4 is 4.74 Å². The fourth-order valence-electron chi connectivity index (χ4n) is 2.49. The summed E-state index contributed by atoms with van der Waals surface area (Å²) in [7, 11) is 0. The molecule has 0 bridgehead atoms. The Balaban J connectivity index is 2.00. The highest BCUT2D eigenvalue weighted by Crippen LogP contribution is 2.36. The van der Waals surface area contributed by atoms with Crippen molar-refractivity contribution in [3.63, 3.8) is 0 Å². The second-order valence-electron chi connectivity index (χ2n) is 4.72. The van der Waals surface area contributed by atoms with Crippen molar-refractivity contribution < 1.29 is 13.9 Å². The van der Waals surface area contributed by atoms with Gasteiger partial charge < -0.3 is 4.74 Å². The van der Waals surface area contributed by atoms with Crippen LogP contribution in [0.5, 0.6) is 5.75 Å². The molecule has 0 saturated heterocycles. The van der Waals surface area contributed by atoms with E-state index in [1.54, 1.807) is 6.07 Å². The van der Waals surface area contributed by atoms with Crippen LogP contribution in [-0.2, 0) is 0 Å². The molecule has 2 aromatic rings. The van der Waals surface area contributed by atoms with Gasteiger partial charge in [0.1, 0.15) is 11.6 Å². The number of fused-ring (bicyclic) bond motifs is 1. The lowest BCUT2D eigenvalue weighted by Crippen LogP contribution is -2.22. The van der Waals surface area contributed by atoms with E-state index in [9.17, 15) is 9.18 Å². The summed E-state index contributed by atoms with van der Waals surface area (Å²) in [5, 5.41) is 0. The highest BCUT2D eigenvalue weighted by Gasteiger charge is 2.29. The summed E-state index contributed by atoms with van der Waals surface area (Å²) < 4.78 is 19.4. The average molecular weight is 382 g/mol. The Morgan fingerprint density at radius 2 is 2.05 bits per heavy atom. The number of carbonyl (C=O) groups is 1. The van der Waals surface area contributed by atoms with Crippen LogP contribution >= 0.6 is 22.6 Å². The number of hydrogen-bond acceptors (Lipinski definition) is 2. The molecule has 0 aromatic heterocycles. The lowest BCUT2D eigenvalue weighted by atomic mass is 9.86. The van der Waals surface area contributed by atoms with E-state index in [0.29, 0.717) is 22.2 Å². The molecule has 0 N–H and O–H groups in total. The zero-order valence-corrected chi connectivity index (χ0v) is 12.8. The molecule has 1 heterocycles. The van der Waals surface area contributed by atoms with Gasteiger partial charge in [-0.15, -0.1) is 0 Å². The molecular formula is C16H12FIO2. The monoisotopic (exact) mass is 382 g/mol. The maximum atomic E-state index is 13.2. The van der Waals surface area contributed by atoms with E-state index in [1.165, 1.54) is 12.1 Å². The molecule has 0 saturated carbocycles. The molecule has 2 nitrogen and oxygen atoms in total. The molecule has 2 aromatic carbocycles. The molecule has 0 aliphatic carbocycles. The number of ketones is 1. The smallest absolute Gasteiger partial charge is 0.171 e. The van der Waals surface area contributed by atoms with Crippen molar-refractivity contribution in [1.82, 2.24) is 0 Å². The fourth-order valence-corrected chi connectivity index (χ4v) is 3.23. The van der Waals surface area contributed by atoms with Gasteiger partial charge in [-0.2, -0.15) is 0 Å². The summed E-state index contributed by atoms with van der Waals surface area (Å²) in [6.45, 7) is 0.533. The SMILES string of the molecule is O=C(c1ccc(F)cc1I)C1CCOc2ccccc21. The highest BCUT2D eigenvalue weighted by atomic mass is 127. The number of para-hydroxylation sites is 1. The Labute approximate surface area is 130 Å². The van der Waals surface area contributed by atoms with E-state index in [4.69, 9.17) is 4.74 Å². The van der Waals surface area contributed by atoms with E-state index in [0.717, 1.165) is 11.3 Å². The molecule has 1 aliphatic rings. The van der Waals surface area contributed by atoms with E-state index in [2.05, 4.69) is 0 Å². The molecule has 4 heteroatoms. The Morgan fingerprint density at radius 3 is 2.85 bits per heavy atom. The first-order chi connectivity index (χ1) is 9.66. The summed E-state index contributed by atoms with van der Waals surface area (Å²) >= 11 is 2.00. The number of halogens is 2. The third-order valence-electron chi connectivity index (χ3n) is 3.47. The first-order valence-electron chi connectivity index (χ1n) is 6.38. The van der Waals surface area contributed by atoms with Crippen LogP contribution in [0.1, 0.15) is 28.3 Å². The number of Topliss-reactive ketones (excluding diaryl/α,β-unsaturated/α-hetero) is 1. The molecule has 0 spiro atoms. The van der Waals surface area contributed by atoms with Gasteiger partial charge in [-0.25, -0.2) is 4.39 Å². The van der Waals surface area contributed by atoms with Gasteiger partial charge in [-0.1, -0.05) is 18.2 Å². The quantitative estimate of drug-likeness (QED) is 0.576. The van der Waals surface area contributed by atoms with E-state index in [1.807, 2.05) is 46.9 Å². The number of ether oxygens (including phenoxy) is 1. The average Bonchev–Trinajstić information content (AvgIpc) is 2.46. The number of benzene rings is 2. The zero-order chi connectivity index (χ0) is 14.1. The van der Waals surface area contributed by atoms with Gasteiger partial charge in [-0.3, -0.25) is 4.79 Å². The van der Waals surface area contributed by atoms with Crippen molar-refractivity contribution in [2.45, 2.75) is 12.3 Å². The van der Waals surface area contributed by atoms with Crippen molar-refractivity contribution in [2.24, 2.45) is 0 Å². The largest absolute Gasteiger partial charge is 0.493 e. The normalized spacial score (nSPS) is 17.2. The zero-order valence-electron chi connectivity index (χ0n) is 10.6. The van der Waals surface area contributed by atoms with E-state index in [-0.39, 0.29) is 17.5 Å². The van der Waals surface area contributed by atoms with Crippen molar-refractivity contribution >= 4 is 28.4 Å². The molecular weight excluding hydrogens is 370 g/mol. The highest BCUT2D eigenvalue weighted by molar-refractivity contribution is 14.1. The summed E-state index contributed by atoms with van der Waals surface area (Å²) in [6, 6.07) is 11.9. The number of rotatable bonds is 2. The van der Waals surface area contributed by atoms with E-state index >= 15 is 0 Å². The van der Waals surface area contributed by atoms with Crippen LogP contribution in [0.15, 0.2) is 42.5 Å². The molecule has 1 unspecified atom stereocenters. The van der Waals surface area contributed by atoms with Gasteiger partial charge in [0.15, 0.2) is 5.78 Å². The lowest BCUT2D eigenvalue weighted by Gasteiger charge is -2.25. The third kappa shape index (κ3) is 2.44. The lowest BCUT2D eigenvalue weighted by molar-refractivity contribution is 0.0932. The van der Waals surface area contributed by atoms with Crippen molar-refractivity contribution in [3.05, 3.63) is 63.0 Å². The minimum absolute atomic E-state index is 0.0325. The van der Waals surface area contributed by atoms with Gasteiger partial charge in [0, 0.05) is 14.7 Å². The van der Waals surface area contributed by atoms with Gasteiger partial charge in [-0.05, 0) is 53.3 Å². The van der Waals surface area contributed by atoms with Crippen molar-refractivity contribution in [3.8, 4) is 5.75 Å². The summed E-state index contributed by atoms with van der Waals surface area (Å²) in [5.74, 6) is 0.275. The predicted octanol–water partition coefficient (Wildman–Crippen LogP) is 4.18. The Bertz CT molecular complexity index is 669. The molecule has 102 valence electrons. The molecule has 3 rings (SSSR count). The molecule has 1 atom stereocenters. The predicted molar refractivity (Wildman–Crippen MR) is 82.7 cm³/mol. The van der Waals surface area contributed by atoms with Crippen LogP contribution in [0.4, 0.5) is 4.39 Å². The van der Waals surface area contributed by atoms with Crippen molar-refractivity contribution in [1.29, 1.82) is 0 Å². The maximum absolute atomic E-state index is 13.2. The Hall–Kier alpha value is -1.43. The third-order valence-corrected chi connectivity index (χ3v) is 4.36. The fraction of sp³-hybridized carbons (Fsp3) is 0.188. The van der Waals surface area contributed by atoms with Crippen LogP contribution in [-0.4, -0.2) is 12.4 Å². The second kappa shape index (κ2) is 5.52. The number of hydrogen-bond donors (Lipinski definition) is 0. The first-order valence-corrected chi connectivity index (χ1v) is 7.45. The Morgan fingerprint density at radius 1 is 1.25 bits per heavy atom. The summed E-state index contributed by atoms with van der Waals surface area (Å²) in [4.78, 5) is 12.7. The van der Waals surface area contributed by atoms with Gasteiger partial charge in [0.05, 0.1) is 12.5 Å². The minimum atomic E-state index is -0.321. The Kier molecular flexibility index (Phi) is 3.74. The molecule has 0 fully saturated rings. The topological polar surface area (TPSA) is 26.3 Å². The standard InChI is InChI=1S/C16H12FIO2/c17-10-5-6-13(14(18)9-10)16(19)12-7-8-20-15-4-2-1-3-11(12)15/h1-6,9,12H,7-8H2. The van der Waals surface area contributed by atoms with Gasteiger partial charge in [0.25, 0.3) is 0 Å². The van der Waals surface area contributed by atoms with Crippen molar-refractivity contribution in [2.75, 3.05) is 6.61 Å². The molecule has 1 aliphatic heterocycles. The number of carbonyl (C=O) groups excluding carboxylic acids is 1. The van der Waals surface area contributed by atoms with Crippen LogP contribution in [0.3, 0.4) is 0 Å². The van der Waals surface area contributed by atoms with Gasteiger partial charge >= 0.3 is 0 Å². The molecule has 0 radical (unpaired) electrons. The second-order valence-corrected chi connectivity index (χ2v) is 5.88. The molecule has 20 heavy (non-hydrogen) atoms. The first kappa shape index (κ1) is 13.5. The van der Waals surface area contributed by atoms with Crippen LogP contribution in [0.2, 0.25) is 0 Å². The van der Waals surface area contributed by atoms with Crippen LogP contribution in [0.25, 0.3) is 0 Å². The van der Waals surface area contributed by atoms with Gasteiger partial charge in [0.2, 0.25) is 0 Å².